The number of nitrogens with one attached hydrogen (secondary N) is 1. The second-order valence-electron chi connectivity index (χ2n) is 7.14. The van der Waals surface area contributed by atoms with Crippen LogP contribution in [0.2, 0.25) is 0 Å². The molecule has 8 nitrogen and oxygen atoms in total. The number of esters is 1. The number of benzene rings is 2. The summed E-state index contributed by atoms with van der Waals surface area (Å²) >= 11 is 0. The third-order valence-electron chi connectivity index (χ3n) is 5.00. The molecule has 1 N–H and O–H groups in total. The molecule has 1 saturated heterocycles. The second-order valence-corrected chi connectivity index (χ2v) is 9.05. The van der Waals surface area contributed by atoms with E-state index in [4.69, 9.17) is 9.47 Å². The first-order chi connectivity index (χ1) is 15.2. The van der Waals surface area contributed by atoms with Crippen LogP contribution in [0.5, 0.6) is 5.75 Å². The van der Waals surface area contributed by atoms with Crippen LogP contribution in [-0.2, 0) is 24.3 Å². The van der Waals surface area contributed by atoms with E-state index in [2.05, 4.69) is 5.32 Å². The number of ether oxygens (including phenoxy) is 2. The van der Waals surface area contributed by atoms with Crippen LogP contribution in [0.25, 0.3) is 0 Å². The van der Waals surface area contributed by atoms with E-state index in [0.29, 0.717) is 17.5 Å². The van der Waals surface area contributed by atoms with Crippen molar-refractivity contribution in [1.29, 1.82) is 0 Å². The first kappa shape index (κ1) is 23.6. The summed E-state index contributed by atoms with van der Waals surface area (Å²) in [5.74, 6) is -3.12. The molecule has 3 rings (SSSR count). The minimum Gasteiger partial charge on any atom is -0.497 e. The van der Waals surface area contributed by atoms with E-state index in [9.17, 15) is 26.8 Å². The highest BCUT2D eigenvalue weighted by atomic mass is 32.2. The standard InChI is InChI=1S/C21H22F2N2O6S/c1-30-17-4-2-3-16(12-17)24-20(26)13-31-21(27)14-7-9-25(10-8-14)32(28,29)19-11-15(22)5-6-18(19)23/h2-6,11-12,14H,7-10,13H2,1H3,(H,24,26). The summed E-state index contributed by atoms with van der Waals surface area (Å²) < 4.78 is 63.6. The fourth-order valence-corrected chi connectivity index (χ4v) is 4.84. The minimum absolute atomic E-state index is 0.0614. The maximum Gasteiger partial charge on any atom is 0.309 e. The van der Waals surface area contributed by atoms with Crippen LogP contribution in [0.3, 0.4) is 0 Å². The topological polar surface area (TPSA) is 102 Å². The number of carbonyl (C=O) groups excluding carboxylic acids is 2. The Bertz CT molecular complexity index is 1100. The Morgan fingerprint density at radius 1 is 1.12 bits per heavy atom. The van der Waals surface area contributed by atoms with Crippen molar-refractivity contribution in [2.24, 2.45) is 5.92 Å². The van der Waals surface area contributed by atoms with Crippen LogP contribution in [0.4, 0.5) is 14.5 Å². The zero-order chi connectivity index (χ0) is 23.3. The Morgan fingerprint density at radius 3 is 2.53 bits per heavy atom. The molecule has 0 unspecified atom stereocenters. The van der Waals surface area contributed by atoms with E-state index in [1.54, 1.807) is 24.3 Å². The van der Waals surface area contributed by atoms with E-state index in [-0.39, 0.29) is 25.9 Å². The van der Waals surface area contributed by atoms with Crippen molar-refractivity contribution in [3.8, 4) is 5.75 Å². The first-order valence-electron chi connectivity index (χ1n) is 9.76. The molecule has 0 radical (unpaired) electrons. The lowest BCUT2D eigenvalue weighted by molar-refractivity contribution is -0.152. The number of rotatable bonds is 7. The fraction of sp³-hybridized carbons (Fsp3) is 0.333. The Morgan fingerprint density at radius 2 is 1.84 bits per heavy atom. The summed E-state index contributed by atoms with van der Waals surface area (Å²) in [6.45, 7) is -0.620. The monoisotopic (exact) mass is 468 g/mol. The van der Waals surface area contributed by atoms with Gasteiger partial charge in [-0.25, -0.2) is 17.2 Å². The number of hydrogen-bond donors (Lipinski definition) is 1. The number of piperidine rings is 1. The lowest BCUT2D eigenvalue weighted by Gasteiger charge is -2.30. The van der Waals surface area contributed by atoms with Gasteiger partial charge in [-0.1, -0.05) is 6.07 Å². The third kappa shape index (κ3) is 5.60. The molecule has 2 aromatic carbocycles. The average molecular weight is 468 g/mol. The number of carbonyl (C=O) groups is 2. The fourth-order valence-electron chi connectivity index (χ4n) is 3.30. The summed E-state index contributed by atoms with van der Waals surface area (Å²) in [5.41, 5.74) is 0.480. The van der Waals surface area contributed by atoms with Crippen LogP contribution < -0.4 is 10.1 Å². The van der Waals surface area contributed by atoms with E-state index in [0.717, 1.165) is 16.4 Å². The van der Waals surface area contributed by atoms with Crippen molar-refractivity contribution < 1.29 is 36.3 Å². The highest BCUT2D eigenvalue weighted by molar-refractivity contribution is 7.89. The Balaban J connectivity index is 1.51. The summed E-state index contributed by atoms with van der Waals surface area (Å²) in [6.07, 6.45) is 0.263. The molecule has 0 atom stereocenters. The summed E-state index contributed by atoms with van der Waals surface area (Å²) in [5, 5.41) is 2.58. The van der Waals surface area contributed by atoms with Gasteiger partial charge in [-0.15, -0.1) is 0 Å². The number of anilines is 1. The zero-order valence-corrected chi connectivity index (χ0v) is 18.0. The Hall–Kier alpha value is -3.05. The van der Waals surface area contributed by atoms with Crippen molar-refractivity contribution in [2.45, 2.75) is 17.7 Å². The van der Waals surface area contributed by atoms with E-state index < -0.39 is 51.0 Å². The number of nitrogens with zero attached hydrogens (tertiary/aromatic N) is 1. The van der Waals surface area contributed by atoms with Gasteiger partial charge in [-0.05, 0) is 43.2 Å². The first-order valence-corrected chi connectivity index (χ1v) is 11.2. The lowest BCUT2D eigenvalue weighted by atomic mass is 9.98. The molecule has 32 heavy (non-hydrogen) atoms. The smallest absolute Gasteiger partial charge is 0.309 e. The van der Waals surface area contributed by atoms with Crippen LogP contribution in [-0.4, -0.2) is 51.4 Å². The van der Waals surface area contributed by atoms with Gasteiger partial charge in [0.05, 0.1) is 13.0 Å². The number of hydrogen-bond acceptors (Lipinski definition) is 6. The molecule has 2 aromatic rings. The van der Waals surface area contributed by atoms with Crippen LogP contribution in [0.1, 0.15) is 12.8 Å². The maximum absolute atomic E-state index is 13.9. The van der Waals surface area contributed by atoms with Gasteiger partial charge in [-0.3, -0.25) is 9.59 Å². The van der Waals surface area contributed by atoms with E-state index >= 15 is 0 Å². The average Bonchev–Trinajstić information content (AvgIpc) is 2.79. The molecule has 11 heteroatoms. The summed E-state index contributed by atoms with van der Waals surface area (Å²) in [7, 11) is -2.74. The summed E-state index contributed by atoms with van der Waals surface area (Å²) in [4.78, 5) is 23.6. The maximum atomic E-state index is 13.9. The molecule has 0 spiro atoms. The van der Waals surface area contributed by atoms with Crippen LogP contribution >= 0.6 is 0 Å². The lowest BCUT2D eigenvalue weighted by Crippen LogP contribution is -2.41. The zero-order valence-electron chi connectivity index (χ0n) is 17.2. The predicted octanol–water partition coefficient (Wildman–Crippen LogP) is 2.56. The van der Waals surface area contributed by atoms with Gasteiger partial charge < -0.3 is 14.8 Å². The molecule has 1 heterocycles. The molecular weight excluding hydrogens is 446 g/mol. The highest BCUT2D eigenvalue weighted by Crippen LogP contribution is 2.26. The van der Waals surface area contributed by atoms with Crippen molar-refractivity contribution in [1.82, 2.24) is 4.31 Å². The van der Waals surface area contributed by atoms with Gasteiger partial charge in [0, 0.05) is 24.8 Å². The normalized spacial score (nSPS) is 15.2. The van der Waals surface area contributed by atoms with Crippen molar-refractivity contribution in [3.63, 3.8) is 0 Å². The second kappa shape index (κ2) is 10.0. The molecule has 1 aliphatic heterocycles. The highest BCUT2D eigenvalue weighted by Gasteiger charge is 2.34. The van der Waals surface area contributed by atoms with E-state index in [1.807, 2.05) is 0 Å². The number of halogens is 2. The quantitative estimate of drug-likeness (QED) is 0.627. The van der Waals surface area contributed by atoms with Crippen molar-refractivity contribution >= 4 is 27.6 Å². The number of sulfonamides is 1. The van der Waals surface area contributed by atoms with Crippen molar-refractivity contribution in [3.05, 3.63) is 54.1 Å². The van der Waals surface area contributed by atoms with Gasteiger partial charge >= 0.3 is 5.97 Å². The predicted molar refractivity (Wildman–Crippen MR) is 110 cm³/mol. The molecule has 0 aromatic heterocycles. The van der Waals surface area contributed by atoms with Gasteiger partial charge in [0.2, 0.25) is 10.0 Å². The van der Waals surface area contributed by atoms with Gasteiger partial charge in [0.15, 0.2) is 6.61 Å². The number of amides is 1. The van der Waals surface area contributed by atoms with E-state index in [1.165, 1.54) is 7.11 Å². The minimum atomic E-state index is -4.24. The molecule has 0 aliphatic carbocycles. The molecule has 1 amide bonds. The van der Waals surface area contributed by atoms with Crippen molar-refractivity contribution in [2.75, 3.05) is 32.1 Å². The molecule has 0 bridgehead atoms. The molecular formula is C21H22F2N2O6S. The van der Waals surface area contributed by atoms with Gasteiger partial charge in [0.25, 0.3) is 5.91 Å². The summed E-state index contributed by atoms with van der Waals surface area (Å²) in [6, 6.07) is 8.88. The Kier molecular flexibility index (Phi) is 7.41. The molecule has 0 saturated carbocycles. The SMILES string of the molecule is COc1cccc(NC(=O)COC(=O)C2CCN(S(=O)(=O)c3cc(F)ccc3F)CC2)c1. The van der Waals surface area contributed by atoms with Gasteiger partial charge in [0.1, 0.15) is 22.3 Å². The number of methoxy groups -OCH3 is 1. The third-order valence-corrected chi connectivity index (χ3v) is 6.91. The largest absolute Gasteiger partial charge is 0.497 e. The van der Waals surface area contributed by atoms with Gasteiger partial charge in [-0.2, -0.15) is 4.31 Å². The molecule has 1 fully saturated rings. The molecule has 1 aliphatic rings. The van der Waals surface area contributed by atoms with Crippen LogP contribution in [0, 0.1) is 17.6 Å². The molecule has 172 valence electrons. The Labute approximate surface area is 184 Å². The van der Waals surface area contributed by atoms with Crippen LogP contribution in [0.15, 0.2) is 47.4 Å².